The summed E-state index contributed by atoms with van der Waals surface area (Å²) in [5, 5.41) is 0. The number of nitrogens with zero attached hydrogens (tertiary/aromatic N) is 1. The van der Waals surface area contributed by atoms with Gasteiger partial charge in [0.05, 0.1) is 0 Å². The van der Waals surface area contributed by atoms with Gasteiger partial charge in [0.1, 0.15) is 0 Å². The van der Waals surface area contributed by atoms with Crippen LogP contribution in [0, 0.1) is 0 Å². The first kappa shape index (κ1) is 12.4. The molecule has 0 atom stereocenters. The third-order valence-corrected chi connectivity index (χ3v) is 2.64. The van der Waals surface area contributed by atoms with Crippen molar-refractivity contribution in [2.75, 3.05) is 0 Å². The van der Waals surface area contributed by atoms with Gasteiger partial charge in [-0.25, -0.2) is 0 Å². The van der Waals surface area contributed by atoms with E-state index < -0.39 is 12.9 Å². The molecular formula is C4H7CaN2O4P+2. The molecule has 0 aliphatic carbocycles. The molecule has 0 aromatic heterocycles. The average Bonchev–Trinajstić information content (AvgIpc) is 1.81. The van der Waals surface area contributed by atoms with Gasteiger partial charge in [-0.05, 0) is 0 Å². The van der Waals surface area contributed by atoms with E-state index in [1.54, 1.807) is 0 Å². The summed E-state index contributed by atoms with van der Waals surface area (Å²) in [5.41, 5.74) is 3.64. The van der Waals surface area contributed by atoms with Crippen LogP contribution in [0.15, 0.2) is 16.9 Å². The maximum Gasteiger partial charge on any atom is 2.00 e. The second-order valence-corrected chi connectivity index (χ2v) is 4.95. The van der Waals surface area contributed by atoms with E-state index in [2.05, 4.69) is 4.99 Å². The molecule has 1 heterocycles. The number of carbonyl (C=O) groups excluding carboxylic acids is 1. The van der Waals surface area contributed by atoms with Gasteiger partial charge in [-0.2, -0.15) is 0 Å². The summed E-state index contributed by atoms with van der Waals surface area (Å²) >= 11 is 0. The Kier molecular flexibility index (Phi) is 3.43. The normalized spacial score (nSPS) is 27.8. The van der Waals surface area contributed by atoms with E-state index in [-0.39, 0.29) is 43.6 Å². The average molecular weight is 218 g/mol. The minimum absolute atomic E-state index is 0. The molecule has 1 amide bonds. The van der Waals surface area contributed by atoms with Gasteiger partial charge >= 0.3 is 98.6 Å². The largest absolute Gasteiger partial charge is 2.00 e. The van der Waals surface area contributed by atoms with Gasteiger partial charge in [-0.15, -0.1) is 0 Å². The summed E-state index contributed by atoms with van der Waals surface area (Å²) in [4.78, 5) is 40.2. The first-order chi connectivity index (χ1) is 4.80. The molecule has 0 unspecified atom stereocenters. The van der Waals surface area contributed by atoms with Gasteiger partial charge < -0.3 is 0 Å². The van der Waals surface area contributed by atoms with Gasteiger partial charge in [0, 0.05) is 0 Å². The van der Waals surface area contributed by atoms with Gasteiger partial charge in [-0.1, -0.05) is 0 Å². The quantitative estimate of drug-likeness (QED) is 0.304. The fourth-order valence-electron chi connectivity index (χ4n) is 0.521. The molecule has 8 heteroatoms. The Morgan fingerprint density at radius 3 is 2.25 bits per heavy atom. The van der Waals surface area contributed by atoms with E-state index in [9.17, 15) is 4.79 Å². The van der Waals surface area contributed by atoms with Crippen LogP contribution in [0.2, 0.25) is 0 Å². The molecule has 0 spiro atoms. The first-order valence-electron chi connectivity index (χ1n) is 2.64. The van der Waals surface area contributed by atoms with Crippen LogP contribution in [-0.2, 0) is 0 Å². The first-order valence-corrected chi connectivity index (χ1v) is 4.81. The van der Waals surface area contributed by atoms with Crippen LogP contribution < -0.4 is 5.73 Å². The zero-order valence-electron chi connectivity index (χ0n) is 6.08. The zero-order chi connectivity index (χ0) is 8.72. The summed E-state index contributed by atoms with van der Waals surface area (Å²) in [6.07, 6.45) is 0.971. The molecule has 0 saturated carbocycles. The van der Waals surface area contributed by atoms with E-state index in [4.69, 9.17) is 20.4 Å². The van der Waals surface area contributed by atoms with Crippen LogP contribution in [0.3, 0.4) is 0 Å². The van der Waals surface area contributed by atoms with Crippen LogP contribution in [0.4, 0.5) is 4.79 Å². The molecule has 12 heavy (non-hydrogen) atoms. The van der Waals surface area contributed by atoms with Crippen LogP contribution >= 0.6 is 7.28 Å². The summed E-state index contributed by atoms with van der Waals surface area (Å²) in [7, 11) is -5.28. The molecule has 1 aliphatic heterocycles. The molecule has 0 bridgehead atoms. The molecule has 0 aromatic carbocycles. The summed E-state index contributed by atoms with van der Waals surface area (Å²) in [6.45, 7) is 0. The fraction of sp³-hybridized carbons (Fsp3) is 0. The summed E-state index contributed by atoms with van der Waals surface area (Å²) < 4.78 is 0. The molecule has 6 nitrogen and oxygen atoms in total. The van der Waals surface area contributed by atoms with E-state index in [1.165, 1.54) is 0 Å². The predicted molar refractivity (Wildman–Crippen MR) is 45.5 cm³/mol. The van der Waals surface area contributed by atoms with Crippen molar-refractivity contribution < 1.29 is 19.5 Å². The topological polar surface area (TPSA) is 116 Å². The van der Waals surface area contributed by atoms with E-state index in [1.807, 2.05) is 0 Å². The molecule has 5 N–H and O–H groups in total. The number of hydrogen-bond acceptors (Lipinski definition) is 5. The number of amidine groups is 1. The van der Waals surface area contributed by atoms with Crippen molar-refractivity contribution in [1.29, 1.82) is 0 Å². The van der Waals surface area contributed by atoms with Crippen molar-refractivity contribution in [3.8, 4) is 0 Å². The Labute approximate surface area is 98.0 Å². The van der Waals surface area contributed by atoms with Gasteiger partial charge in [0.2, 0.25) is 0 Å². The van der Waals surface area contributed by atoms with E-state index >= 15 is 0 Å². The van der Waals surface area contributed by atoms with Crippen molar-refractivity contribution in [2.24, 2.45) is 10.7 Å². The van der Waals surface area contributed by atoms with Crippen molar-refractivity contribution >= 4 is 56.5 Å². The Morgan fingerprint density at radius 1 is 1.42 bits per heavy atom. The molecule has 0 aromatic rings. The summed E-state index contributed by atoms with van der Waals surface area (Å²) in [5.74, 6) is 0.420. The standard InChI is InChI=1S/C4H7N2O4P.Ca/c5-3-1-2-11(8,9,10)4(7)6-3;/h1-2,8-10H,(H2,5,6,7);/q;+2. The second kappa shape index (κ2) is 3.31. The third-order valence-electron chi connectivity index (χ3n) is 1.11. The minimum atomic E-state index is -5.28. The maximum atomic E-state index is 10.6. The van der Waals surface area contributed by atoms with Crippen LogP contribution in [0.25, 0.3) is 0 Å². The van der Waals surface area contributed by atoms with Crippen molar-refractivity contribution in [2.45, 2.75) is 0 Å². The zero-order valence-corrected chi connectivity index (χ0v) is 9.19. The fourth-order valence-corrected chi connectivity index (χ4v) is 1.38. The van der Waals surface area contributed by atoms with Crippen LogP contribution in [0.5, 0.6) is 0 Å². The Morgan fingerprint density at radius 2 is 1.92 bits per heavy atom. The van der Waals surface area contributed by atoms with Crippen molar-refractivity contribution in [1.82, 2.24) is 0 Å². The maximum absolute atomic E-state index is 10.6. The molecule has 62 valence electrons. The number of rotatable bonds is 0. The van der Waals surface area contributed by atoms with Crippen LogP contribution in [0.1, 0.15) is 0 Å². The van der Waals surface area contributed by atoms with Gasteiger partial charge in [-0.3, -0.25) is 0 Å². The van der Waals surface area contributed by atoms with E-state index in [0.717, 1.165) is 6.08 Å². The van der Waals surface area contributed by atoms with E-state index in [0.29, 0.717) is 5.82 Å². The van der Waals surface area contributed by atoms with Gasteiger partial charge in [0.25, 0.3) is 0 Å². The minimum Gasteiger partial charge on any atom is 2.00 e. The predicted octanol–water partition coefficient (Wildman–Crippen LogP) is -1.11. The Bertz CT molecular complexity index is 279. The third kappa shape index (κ3) is 2.47. The summed E-state index contributed by atoms with van der Waals surface area (Å²) in [6, 6.07) is 0. The molecule has 0 fully saturated rings. The molecule has 1 aliphatic rings. The number of nitrogens with two attached hydrogens (primary N) is 1. The number of aliphatic imine (C=N–C) groups is 1. The Hall–Kier alpha value is 0.450. The van der Waals surface area contributed by atoms with Gasteiger partial charge in [0.15, 0.2) is 0 Å². The Balaban J connectivity index is 0.00000121. The molecule has 1 rings (SSSR count). The van der Waals surface area contributed by atoms with Crippen molar-refractivity contribution in [3.05, 3.63) is 11.9 Å². The van der Waals surface area contributed by atoms with Crippen molar-refractivity contribution in [3.63, 3.8) is 0 Å². The smallest absolute Gasteiger partial charge is 2.00 e. The second-order valence-electron chi connectivity index (χ2n) is 2.18. The number of hydrogen-bond donors (Lipinski definition) is 4. The molecule has 0 saturated heterocycles. The number of amides is 1. The van der Waals surface area contributed by atoms with Crippen LogP contribution in [-0.4, -0.2) is 63.9 Å². The molecular weight excluding hydrogens is 211 g/mol. The monoisotopic (exact) mass is 218 g/mol. The molecule has 0 radical (unpaired) electrons. The number of carbonyl (C=O) groups is 1. The SMILES string of the molecule is NC1=NC(=O)P(O)(O)(O)C=C1.[Ca+2].